The number of aromatic nitrogens is 2. The van der Waals surface area contributed by atoms with Crippen molar-refractivity contribution in [2.45, 2.75) is 27.2 Å². The molecule has 98 valence electrons. The molecule has 18 heavy (non-hydrogen) atoms. The largest absolute Gasteiger partial charge is 0.465 e. The number of carbonyl (C=O) groups excluding carboxylic acids is 1. The van der Waals surface area contributed by atoms with Gasteiger partial charge in [-0.15, -0.1) is 0 Å². The SMILES string of the molecule is COC(=O)c1cnc(C)nc1NCC1CC1(C)C. The van der Waals surface area contributed by atoms with Crippen LogP contribution in [0.15, 0.2) is 6.20 Å². The van der Waals surface area contributed by atoms with E-state index in [4.69, 9.17) is 4.74 Å². The monoisotopic (exact) mass is 249 g/mol. The van der Waals surface area contributed by atoms with Crippen molar-refractivity contribution in [1.82, 2.24) is 9.97 Å². The predicted molar refractivity (Wildman–Crippen MR) is 68.5 cm³/mol. The van der Waals surface area contributed by atoms with Crippen LogP contribution in [0.5, 0.6) is 0 Å². The molecule has 0 spiro atoms. The zero-order chi connectivity index (χ0) is 13.3. The van der Waals surface area contributed by atoms with Crippen LogP contribution in [-0.2, 0) is 4.74 Å². The third-order valence-electron chi connectivity index (χ3n) is 3.55. The molecule has 1 heterocycles. The Hall–Kier alpha value is -1.65. The average Bonchev–Trinajstić information content (AvgIpc) is 2.93. The number of methoxy groups -OCH3 is 1. The van der Waals surface area contributed by atoms with Gasteiger partial charge in [0.2, 0.25) is 0 Å². The maximum Gasteiger partial charge on any atom is 0.343 e. The quantitative estimate of drug-likeness (QED) is 0.827. The van der Waals surface area contributed by atoms with Gasteiger partial charge in [0.25, 0.3) is 0 Å². The van der Waals surface area contributed by atoms with Crippen molar-refractivity contribution in [3.05, 3.63) is 17.6 Å². The van der Waals surface area contributed by atoms with Crippen molar-refractivity contribution in [2.24, 2.45) is 11.3 Å². The van der Waals surface area contributed by atoms with E-state index in [0.29, 0.717) is 28.5 Å². The number of nitrogens with zero attached hydrogens (tertiary/aromatic N) is 2. The van der Waals surface area contributed by atoms with Crippen molar-refractivity contribution in [3.63, 3.8) is 0 Å². The van der Waals surface area contributed by atoms with Gasteiger partial charge in [0.05, 0.1) is 7.11 Å². The number of ether oxygens (including phenoxy) is 1. The summed E-state index contributed by atoms with van der Waals surface area (Å²) in [6.07, 6.45) is 2.71. The molecule has 1 atom stereocenters. The summed E-state index contributed by atoms with van der Waals surface area (Å²) in [5.74, 6) is 1.43. The highest BCUT2D eigenvalue weighted by Gasteiger charge is 2.45. The molecular formula is C13H19N3O2. The Kier molecular flexibility index (Phi) is 3.24. The van der Waals surface area contributed by atoms with Crippen molar-refractivity contribution < 1.29 is 9.53 Å². The van der Waals surface area contributed by atoms with Crippen LogP contribution in [0.25, 0.3) is 0 Å². The number of esters is 1. The summed E-state index contributed by atoms with van der Waals surface area (Å²) >= 11 is 0. The van der Waals surface area contributed by atoms with Crippen molar-refractivity contribution >= 4 is 11.8 Å². The molecule has 0 amide bonds. The van der Waals surface area contributed by atoms with Gasteiger partial charge in [0.15, 0.2) is 0 Å². The second-order valence-electron chi connectivity index (χ2n) is 5.44. The normalized spacial score (nSPS) is 20.3. The molecule has 1 fully saturated rings. The van der Waals surface area contributed by atoms with Gasteiger partial charge in [-0.05, 0) is 24.7 Å². The van der Waals surface area contributed by atoms with Crippen molar-refractivity contribution in [2.75, 3.05) is 19.0 Å². The summed E-state index contributed by atoms with van der Waals surface area (Å²) in [6, 6.07) is 0. The first-order valence-electron chi connectivity index (χ1n) is 6.10. The van der Waals surface area contributed by atoms with E-state index in [1.165, 1.54) is 19.7 Å². The third kappa shape index (κ3) is 2.60. The third-order valence-corrected chi connectivity index (χ3v) is 3.55. The van der Waals surface area contributed by atoms with Crippen LogP contribution in [-0.4, -0.2) is 29.6 Å². The van der Waals surface area contributed by atoms with Gasteiger partial charge in [0, 0.05) is 12.7 Å². The summed E-state index contributed by atoms with van der Waals surface area (Å²) < 4.78 is 4.72. The average molecular weight is 249 g/mol. The fourth-order valence-electron chi connectivity index (χ4n) is 2.01. The zero-order valence-electron chi connectivity index (χ0n) is 11.3. The van der Waals surface area contributed by atoms with Crippen LogP contribution in [0.2, 0.25) is 0 Å². The van der Waals surface area contributed by atoms with Gasteiger partial charge in [-0.1, -0.05) is 13.8 Å². The summed E-state index contributed by atoms with van der Waals surface area (Å²) in [6.45, 7) is 7.11. The number of hydrogen-bond acceptors (Lipinski definition) is 5. The summed E-state index contributed by atoms with van der Waals surface area (Å²) in [4.78, 5) is 19.9. The molecule has 1 aliphatic rings. The number of nitrogens with one attached hydrogen (secondary N) is 1. The van der Waals surface area contributed by atoms with E-state index in [9.17, 15) is 4.79 Å². The van der Waals surface area contributed by atoms with Gasteiger partial charge in [-0.2, -0.15) is 0 Å². The topological polar surface area (TPSA) is 64.1 Å². The number of aryl methyl sites for hydroxylation is 1. The van der Waals surface area contributed by atoms with Gasteiger partial charge in [-0.25, -0.2) is 14.8 Å². The molecule has 1 saturated carbocycles. The molecule has 0 bridgehead atoms. The molecule has 1 aliphatic carbocycles. The molecule has 1 unspecified atom stereocenters. The molecule has 0 radical (unpaired) electrons. The molecule has 5 nitrogen and oxygen atoms in total. The zero-order valence-corrected chi connectivity index (χ0v) is 11.3. The first kappa shape index (κ1) is 12.8. The fourth-order valence-corrected chi connectivity index (χ4v) is 2.01. The van der Waals surface area contributed by atoms with E-state index in [-0.39, 0.29) is 0 Å². The van der Waals surface area contributed by atoms with Crippen molar-refractivity contribution in [1.29, 1.82) is 0 Å². The van der Waals surface area contributed by atoms with Gasteiger partial charge >= 0.3 is 5.97 Å². The number of anilines is 1. The second kappa shape index (κ2) is 4.55. The molecule has 1 aromatic rings. The minimum Gasteiger partial charge on any atom is -0.465 e. The number of carbonyl (C=O) groups is 1. The first-order chi connectivity index (χ1) is 8.44. The second-order valence-corrected chi connectivity index (χ2v) is 5.44. The van der Waals surface area contributed by atoms with E-state index in [1.807, 2.05) is 0 Å². The highest BCUT2D eigenvalue weighted by atomic mass is 16.5. The maximum atomic E-state index is 11.6. The number of hydrogen-bond donors (Lipinski definition) is 1. The van der Waals surface area contributed by atoms with Crippen LogP contribution < -0.4 is 5.32 Å². The molecule has 2 rings (SSSR count). The molecule has 1 aromatic heterocycles. The highest BCUT2D eigenvalue weighted by molar-refractivity contribution is 5.94. The lowest BCUT2D eigenvalue weighted by Gasteiger charge is -2.10. The smallest absolute Gasteiger partial charge is 0.343 e. The Balaban J connectivity index is 2.10. The molecule has 0 aromatic carbocycles. The lowest BCUT2D eigenvalue weighted by Crippen LogP contribution is -2.14. The van der Waals surface area contributed by atoms with E-state index < -0.39 is 5.97 Å². The van der Waals surface area contributed by atoms with Crippen molar-refractivity contribution in [3.8, 4) is 0 Å². The Bertz CT molecular complexity index is 471. The van der Waals surface area contributed by atoms with Gasteiger partial charge in [-0.3, -0.25) is 0 Å². The van der Waals surface area contributed by atoms with E-state index >= 15 is 0 Å². The Labute approximate surface area is 107 Å². The molecular weight excluding hydrogens is 230 g/mol. The lowest BCUT2D eigenvalue weighted by atomic mass is 10.1. The lowest BCUT2D eigenvalue weighted by molar-refractivity contribution is 0.0601. The minimum absolute atomic E-state index is 0.390. The Morgan fingerprint density at radius 2 is 2.28 bits per heavy atom. The predicted octanol–water partition coefficient (Wildman–Crippen LogP) is 2.03. The van der Waals surface area contributed by atoms with E-state index in [2.05, 4.69) is 29.1 Å². The Morgan fingerprint density at radius 1 is 1.61 bits per heavy atom. The Morgan fingerprint density at radius 3 is 2.83 bits per heavy atom. The van der Waals surface area contributed by atoms with Crippen LogP contribution in [0.4, 0.5) is 5.82 Å². The maximum absolute atomic E-state index is 11.6. The van der Waals surface area contributed by atoms with E-state index in [0.717, 1.165) is 6.54 Å². The highest BCUT2D eigenvalue weighted by Crippen LogP contribution is 2.51. The first-order valence-corrected chi connectivity index (χ1v) is 6.10. The van der Waals surface area contributed by atoms with Gasteiger partial charge < -0.3 is 10.1 Å². The number of rotatable bonds is 4. The molecule has 5 heteroatoms. The minimum atomic E-state index is -0.410. The summed E-state index contributed by atoms with van der Waals surface area (Å²) in [5.41, 5.74) is 0.794. The standard InChI is InChI=1S/C13H19N3O2/c1-8-14-7-10(12(17)18-4)11(16-8)15-6-9-5-13(9,2)3/h7,9H,5-6H2,1-4H3,(H,14,15,16). The van der Waals surface area contributed by atoms with Crippen LogP contribution in [0.3, 0.4) is 0 Å². The summed E-state index contributed by atoms with van der Waals surface area (Å²) in [5, 5.41) is 3.23. The van der Waals surface area contributed by atoms with Crippen LogP contribution >= 0.6 is 0 Å². The summed E-state index contributed by atoms with van der Waals surface area (Å²) in [7, 11) is 1.36. The van der Waals surface area contributed by atoms with Crippen LogP contribution in [0, 0.1) is 18.3 Å². The molecule has 1 N–H and O–H groups in total. The van der Waals surface area contributed by atoms with E-state index in [1.54, 1.807) is 6.92 Å². The molecule has 0 aliphatic heterocycles. The van der Waals surface area contributed by atoms with Gasteiger partial charge in [0.1, 0.15) is 17.2 Å². The van der Waals surface area contributed by atoms with Crippen LogP contribution in [0.1, 0.15) is 36.5 Å². The molecule has 0 saturated heterocycles. The fraction of sp³-hybridized carbons (Fsp3) is 0.615.